The van der Waals surface area contributed by atoms with Gasteiger partial charge in [-0.25, -0.2) is 0 Å². The first-order valence-electron chi connectivity index (χ1n) is 5.45. The first-order valence-corrected chi connectivity index (χ1v) is 5.83. The van der Waals surface area contributed by atoms with E-state index in [2.05, 4.69) is 21.6 Å². The zero-order valence-electron chi connectivity index (χ0n) is 9.31. The lowest BCUT2D eigenvalue weighted by atomic mass is 9.85. The Morgan fingerprint density at radius 3 is 2.89 bits per heavy atom. The molecule has 88 valence electrons. The normalized spacial score (nSPS) is 17.3. The number of rotatable bonds is 1. The number of halogens is 1. The van der Waals surface area contributed by atoms with Gasteiger partial charge in [0.1, 0.15) is 5.82 Å². The van der Waals surface area contributed by atoms with Gasteiger partial charge in [0.05, 0.1) is 23.8 Å². The molecular weight excluding hydrogens is 248 g/mol. The third-order valence-electron chi connectivity index (χ3n) is 3.01. The van der Waals surface area contributed by atoms with Gasteiger partial charge in [-0.05, 0) is 11.6 Å². The van der Waals surface area contributed by atoms with Crippen molar-refractivity contribution in [2.24, 2.45) is 0 Å². The molecule has 0 saturated heterocycles. The van der Waals surface area contributed by atoms with Crippen LogP contribution in [0.4, 0.5) is 5.82 Å². The molecule has 5 heteroatoms. The number of benzene rings is 1. The van der Waals surface area contributed by atoms with Crippen LogP contribution in [0.15, 0.2) is 42.2 Å². The Labute approximate surface area is 109 Å². The number of aromatic nitrogens is 2. The molecule has 0 fully saturated rings. The molecular formula is C13H9ClN4. The molecule has 4 nitrogen and oxygen atoms in total. The number of allylic oxidation sites excluding steroid dienone is 1. The number of H-pyrrole nitrogens is 1. The molecule has 1 aliphatic rings. The number of hydrogen-bond donors (Lipinski definition) is 2. The van der Waals surface area contributed by atoms with Gasteiger partial charge >= 0.3 is 0 Å². The van der Waals surface area contributed by atoms with Crippen molar-refractivity contribution in [3.05, 3.63) is 58.4 Å². The maximum absolute atomic E-state index is 9.24. The number of nitriles is 1. The van der Waals surface area contributed by atoms with Gasteiger partial charge in [-0.1, -0.05) is 29.8 Å². The molecule has 1 aromatic carbocycles. The van der Waals surface area contributed by atoms with Crippen LogP contribution in [0.1, 0.15) is 17.0 Å². The Morgan fingerprint density at radius 2 is 2.11 bits per heavy atom. The quantitative estimate of drug-likeness (QED) is 0.824. The smallest absolute Gasteiger partial charge is 0.129 e. The summed E-state index contributed by atoms with van der Waals surface area (Å²) >= 11 is 6.23. The predicted octanol–water partition coefficient (Wildman–Crippen LogP) is 3.03. The maximum Gasteiger partial charge on any atom is 0.129 e. The number of aromatic amines is 1. The summed E-state index contributed by atoms with van der Waals surface area (Å²) in [6.07, 6.45) is 3.41. The van der Waals surface area contributed by atoms with Gasteiger partial charge in [-0.15, -0.1) is 0 Å². The molecule has 0 amide bonds. The highest BCUT2D eigenvalue weighted by Gasteiger charge is 2.28. The van der Waals surface area contributed by atoms with Crippen molar-refractivity contribution in [3.8, 4) is 6.07 Å². The third-order valence-corrected chi connectivity index (χ3v) is 3.35. The molecule has 2 N–H and O–H groups in total. The number of anilines is 1. The van der Waals surface area contributed by atoms with Crippen molar-refractivity contribution in [2.75, 3.05) is 5.32 Å². The van der Waals surface area contributed by atoms with Crippen molar-refractivity contribution >= 4 is 17.4 Å². The van der Waals surface area contributed by atoms with Crippen LogP contribution < -0.4 is 5.32 Å². The van der Waals surface area contributed by atoms with Gasteiger partial charge in [0.2, 0.25) is 0 Å². The second-order valence-electron chi connectivity index (χ2n) is 4.01. The molecule has 0 spiro atoms. The standard InChI is InChI=1S/C13H9ClN4/c14-11-4-2-1-3-9(11)12-8(5-15)6-16-13-10(12)7-17-18-13/h1-4,6-7,12H,(H2,16,17,18). The highest BCUT2D eigenvalue weighted by Crippen LogP contribution is 2.40. The molecule has 18 heavy (non-hydrogen) atoms. The second-order valence-corrected chi connectivity index (χ2v) is 4.42. The van der Waals surface area contributed by atoms with Gasteiger partial charge in [-0.3, -0.25) is 5.10 Å². The Hall–Kier alpha value is -2.25. The third kappa shape index (κ3) is 1.57. The van der Waals surface area contributed by atoms with Crippen LogP contribution in [0.25, 0.3) is 0 Å². The van der Waals surface area contributed by atoms with Crippen LogP contribution in [0, 0.1) is 11.3 Å². The van der Waals surface area contributed by atoms with Crippen LogP contribution >= 0.6 is 11.6 Å². The highest BCUT2D eigenvalue weighted by atomic mass is 35.5. The Kier molecular flexibility index (Phi) is 2.54. The minimum atomic E-state index is -0.168. The number of hydrogen-bond acceptors (Lipinski definition) is 3. The summed E-state index contributed by atoms with van der Waals surface area (Å²) in [6.45, 7) is 0. The van der Waals surface area contributed by atoms with E-state index in [-0.39, 0.29) is 5.92 Å². The van der Waals surface area contributed by atoms with Crippen LogP contribution in [-0.4, -0.2) is 10.2 Å². The lowest BCUT2D eigenvalue weighted by Crippen LogP contribution is -2.12. The SMILES string of the molecule is N#CC1=CNc2[nH]ncc2C1c1ccccc1Cl. The second kappa shape index (κ2) is 4.21. The molecule has 0 aliphatic carbocycles. The minimum Gasteiger partial charge on any atom is -0.346 e. The Bertz CT molecular complexity index is 666. The number of nitrogens with zero attached hydrogens (tertiary/aromatic N) is 2. The molecule has 0 saturated carbocycles. The van der Waals surface area contributed by atoms with E-state index in [1.807, 2.05) is 24.3 Å². The van der Waals surface area contributed by atoms with E-state index in [0.717, 1.165) is 16.9 Å². The van der Waals surface area contributed by atoms with Gasteiger partial charge < -0.3 is 5.32 Å². The molecule has 1 atom stereocenters. The first-order chi connectivity index (χ1) is 8.81. The zero-order chi connectivity index (χ0) is 12.5. The van der Waals surface area contributed by atoms with Gasteiger partial charge in [-0.2, -0.15) is 10.4 Å². The summed E-state index contributed by atoms with van der Waals surface area (Å²) in [5, 5.41) is 19.8. The lowest BCUT2D eigenvalue weighted by Gasteiger charge is -2.22. The molecule has 0 bridgehead atoms. The minimum absolute atomic E-state index is 0.168. The maximum atomic E-state index is 9.24. The van der Waals surface area contributed by atoms with E-state index in [9.17, 15) is 5.26 Å². The van der Waals surface area contributed by atoms with Crippen molar-refractivity contribution in [3.63, 3.8) is 0 Å². The van der Waals surface area contributed by atoms with E-state index >= 15 is 0 Å². The average Bonchev–Trinajstić information content (AvgIpc) is 2.86. The highest BCUT2D eigenvalue weighted by molar-refractivity contribution is 6.31. The van der Waals surface area contributed by atoms with Gasteiger partial charge in [0.15, 0.2) is 0 Å². The predicted molar refractivity (Wildman–Crippen MR) is 69.2 cm³/mol. The summed E-state index contributed by atoms with van der Waals surface area (Å²) in [5.74, 6) is 0.637. The van der Waals surface area contributed by atoms with E-state index in [0.29, 0.717) is 10.6 Å². The van der Waals surface area contributed by atoms with Crippen LogP contribution in [0.3, 0.4) is 0 Å². The van der Waals surface area contributed by atoms with Crippen LogP contribution in [-0.2, 0) is 0 Å². The van der Waals surface area contributed by atoms with E-state index in [1.54, 1.807) is 12.4 Å². The van der Waals surface area contributed by atoms with Crippen molar-refractivity contribution < 1.29 is 0 Å². The summed E-state index contributed by atoms with van der Waals surface area (Å²) in [4.78, 5) is 0. The molecule has 1 aliphatic heterocycles. The molecule has 2 aromatic rings. The number of nitrogens with one attached hydrogen (secondary N) is 2. The monoisotopic (exact) mass is 256 g/mol. The largest absolute Gasteiger partial charge is 0.346 e. The van der Waals surface area contributed by atoms with E-state index in [4.69, 9.17) is 11.6 Å². The molecule has 0 radical (unpaired) electrons. The fraction of sp³-hybridized carbons (Fsp3) is 0.0769. The summed E-state index contributed by atoms with van der Waals surface area (Å²) < 4.78 is 0. The molecule has 1 unspecified atom stereocenters. The van der Waals surface area contributed by atoms with E-state index < -0.39 is 0 Å². The lowest BCUT2D eigenvalue weighted by molar-refractivity contribution is 0.965. The fourth-order valence-corrected chi connectivity index (χ4v) is 2.42. The summed E-state index contributed by atoms with van der Waals surface area (Å²) in [6, 6.07) is 9.76. The Morgan fingerprint density at radius 1 is 1.28 bits per heavy atom. The first kappa shape index (κ1) is 10.9. The average molecular weight is 257 g/mol. The topological polar surface area (TPSA) is 64.5 Å². The summed E-state index contributed by atoms with van der Waals surface area (Å²) in [5.41, 5.74) is 2.47. The zero-order valence-corrected chi connectivity index (χ0v) is 10.1. The van der Waals surface area contributed by atoms with Crippen molar-refractivity contribution in [1.29, 1.82) is 5.26 Å². The van der Waals surface area contributed by atoms with E-state index in [1.165, 1.54) is 0 Å². The van der Waals surface area contributed by atoms with Gasteiger partial charge in [0.25, 0.3) is 0 Å². The summed E-state index contributed by atoms with van der Waals surface area (Å²) in [7, 11) is 0. The van der Waals surface area contributed by atoms with Gasteiger partial charge in [0, 0.05) is 16.8 Å². The number of fused-ring (bicyclic) bond motifs is 1. The van der Waals surface area contributed by atoms with Crippen LogP contribution in [0.2, 0.25) is 5.02 Å². The van der Waals surface area contributed by atoms with Crippen LogP contribution in [0.5, 0.6) is 0 Å². The fourth-order valence-electron chi connectivity index (χ4n) is 2.17. The molecule has 2 heterocycles. The van der Waals surface area contributed by atoms with Crippen molar-refractivity contribution in [1.82, 2.24) is 10.2 Å². The molecule has 3 rings (SSSR count). The Balaban J connectivity index is 2.19. The molecule has 1 aromatic heterocycles. The van der Waals surface area contributed by atoms with Crippen molar-refractivity contribution in [2.45, 2.75) is 5.92 Å².